The number of benzene rings is 1. The molecule has 0 fully saturated rings. The molecule has 1 heterocycles. The molecule has 0 aromatic heterocycles. The Morgan fingerprint density at radius 1 is 1.43 bits per heavy atom. The van der Waals surface area contributed by atoms with E-state index >= 15 is 0 Å². The molecule has 2 unspecified atom stereocenters. The maximum Gasteiger partial charge on any atom is 0.326 e. The van der Waals surface area contributed by atoms with Crippen molar-refractivity contribution in [2.24, 2.45) is 5.92 Å². The van der Waals surface area contributed by atoms with Gasteiger partial charge in [-0.15, -0.1) is 0 Å². The number of carboxylic acid groups (broad SMARTS) is 1. The number of fused-ring (bicyclic) bond motifs is 1. The fourth-order valence-corrected chi connectivity index (χ4v) is 2.76. The van der Waals surface area contributed by atoms with Gasteiger partial charge in [0.1, 0.15) is 6.04 Å². The fourth-order valence-electron chi connectivity index (χ4n) is 2.76. The summed E-state index contributed by atoms with van der Waals surface area (Å²) in [6.45, 7) is 4.61. The minimum atomic E-state index is -0.983. The summed E-state index contributed by atoms with van der Waals surface area (Å²) in [5.74, 6) is -0.622. The van der Waals surface area contributed by atoms with Crippen LogP contribution in [0.15, 0.2) is 24.3 Å². The van der Waals surface area contributed by atoms with Gasteiger partial charge in [0.15, 0.2) is 0 Å². The van der Waals surface area contributed by atoms with Gasteiger partial charge in [0.2, 0.25) is 0 Å². The zero-order valence-corrected chi connectivity index (χ0v) is 12.5. The zero-order chi connectivity index (χ0) is 15.4. The molecule has 0 bridgehead atoms. The van der Waals surface area contributed by atoms with E-state index in [4.69, 9.17) is 5.11 Å². The molecule has 2 N–H and O–H groups in total. The normalized spacial score (nSPS) is 18.8. The Balaban J connectivity index is 2.17. The Hall–Kier alpha value is -2.04. The number of carbonyl (C=O) groups is 2. The van der Waals surface area contributed by atoms with Gasteiger partial charge in [0.25, 0.3) is 0 Å². The fraction of sp³-hybridized carbons (Fsp3) is 0.500. The number of hydrogen-bond donors (Lipinski definition) is 2. The van der Waals surface area contributed by atoms with E-state index < -0.39 is 12.0 Å². The molecule has 0 spiro atoms. The van der Waals surface area contributed by atoms with Crippen LogP contribution in [0.1, 0.15) is 32.3 Å². The topological polar surface area (TPSA) is 69.6 Å². The van der Waals surface area contributed by atoms with Gasteiger partial charge in [-0.25, -0.2) is 9.59 Å². The summed E-state index contributed by atoms with van der Waals surface area (Å²) < 4.78 is 0. The van der Waals surface area contributed by atoms with E-state index in [2.05, 4.69) is 12.2 Å². The van der Waals surface area contributed by atoms with Crippen LogP contribution in [-0.2, 0) is 11.2 Å². The Kier molecular flexibility index (Phi) is 4.83. The highest BCUT2D eigenvalue weighted by Crippen LogP contribution is 2.29. The lowest BCUT2D eigenvalue weighted by Crippen LogP contribution is -2.50. The van der Waals surface area contributed by atoms with Gasteiger partial charge >= 0.3 is 12.0 Å². The smallest absolute Gasteiger partial charge is 0.326 e. The Morgan fingerprint density at radius 3 is 2.81 bits per heavy atom. The SMILES string of the molecule is CCCC(NC(=O)N1CC(C)Cc2ccccc21)C(=O)O. The van der Waals surface area contributed by atoms with Crippen molar-refractivity contribution in [3.8, 4) is 0 Å². The van der Waals surface area contributed by atoms with Gasteiger partial charge in [-0.2, -0.15) is 0 Å². The Bertz CT molecular complexity index is 530. The molecule has 5 heteroatoms. The van der Waals surface area contributed by atoms with Gasteiger partial charge in [0.05, 0.1) is 0 Å². The molecule has 0 radical (unpaired) electrons. The van der Waals surface area contributed by atoms with Crippen molar-refractivity contribution in [3.05, 3.63) is 29.8 Å². The first-order valence-corrected chi connectivity index (χ1v) is 7.41. The maximum atomic E-state index is 12.4. The third-order valence-corrected chi connectivity index (χ3v) is 3.76. The van der Waals surface area contributed by atoms with Gasteiger partial charge in [-0.05, 0) is 30.4 Å². The average molecular weight is 290 g/mol. The first kappa shape index (κ1) is 15.4. The van der Waals surface area contributed by atoms with Gasteiger partial charge in [-0.1, -0.05) is 38.5 Å². The van der Waals surface area contributed by atoms with E-state index in [0.717, 1.165) is 17.7 Å². The van der Waals surface area contributed by atoms with E-state index in [1.807, 2.05) is 31.2 Å². The van der Waals surface area contributed by atoms with Crippen molar-refractivity contribution >= 4 is 17.7 Å². The number of carbonyl (C=O) groups excluding carboxylic acids is 1. The van der Waals surface area contributed by atoms with Crippen molar-refractivity contribution in [3.63, 3.8) is 0 Å². The number of urea groups is 1. The quantitative estimate of drug-likeness (QED) is 0.895. The minimum Gasteiger partial charge on any atom is -0.480 e. The molecule has 114 valence electrons. The van der Waals surface area contributed by atoms with E-state index in [1.54, 1.807) is 4.90 Å². The number of rotatable bonds is 4. The molecular formula is C16H22N2O3. The van der Waals surface area contributed by atoms with Crippen LogP contribution in [0.3, 0.4) is 0 Å². The molecule has 0 saturated carbocycles. The van der Waals surface area contributed by atoms with Gasteiger partial charge in [-0.3, -0.25) is 4.90 Å². The minimum absolute atomic E-state index is 0.324. The second kappa shape index (κ2) is 6.61. The second-order valence-electron chi connectivity index (χ2n) is 5.68. The summed E-state index contributed by atoms with van der Waals surface area (Å²) in [5.41, 5.74) is 2.02. The number of carboxylic acids is 1. The summed E-state index contributed by atoms with van der Waals surface area (Å²) >= 11 is 0. The summed E-state index contributed by atoms with van der Waals surface area (Å²) in [6, 6.07) is 6.64. The first-order chi connectivity index (χ1) is 10.0. The molecule has 1 aliphatic heterocycles. The van der Waals surface area contributed by atoms with Crippen molar-refractivity contribution < 1.29 is 14.7 Å². The first-order valence-electron chi connectivity index (χ1n) is 7.41. The van der Waals surface area contributed by atoms with Crippen LogP contribution >= 0.6 is 0 Å². The number of nitrogens with one attached hydrogen (secondary N) is 1. The standard InChI is InChI=1S/C16H22N2O3/c1-3-6-13(15(19)20)17-16(21)18-10-11(2)9-12-7-4-5-8-14(12)18/h4-5,7-8,11,13H,3,6,9-10H2,1-2H3,(H,17,21)(H,19,20). The predicted molar refractivity (Wildman–Crippen MR) is 81.5 cm³/mol. The van der Waals surface area contributed by atoms with Crippen LogP contribution in [0.25, 0.3) is 0 Å². The predicted octanol–water partition coefficient (Wildman–Crippen LogP) is 2.65. The molecule has 1 aromatic rings. The number of anilines is 1. The van der Waals surface area contributed by atoms with Crippen LogP contribution in [-0.4, -0.2) is 29.7 Å². The number of para-hydroxylation sites is 1. The molecule has 0 aliphatic carbocycles. The Labute approximate surface area is 125 Å². The van der Waals surface area contributed by atoms with E-state index in [1.165, 1.54) is 0 Å². The molecule has 21 heavy (non-hydrogen) atoms. The van der Waals surface area contributed by atoms with Gasteiger partial charge in [0, 0.05) is 12.2 Å². The van der Waals surface area contributed by atoms with E-state index in [9.17, 15) is 9.59 Å². The van der Waals surface area contributed by atoms with Crippen molar-refractivity contribution in [2.75, 3.05) is 11.4 Å². The highest BCUT2D eigenvalue weighted by molar-refractivity contribution is 5.95. The van der Waals surface area contributed by atoms with Crippen molar-refractivity contribution in [2.45, 2.75) is 39.2 Å². The van der Waals surface area contributed by atoms with E-state index in [-0.39, 0.29) is 6.03 Å². The van der Waals surface area contributed by atoms with Crippen LogP contribution < -0.4 is 10.2 Å². The van der Waals surface area contributed by atoms with Gasteiger partial charge < -0.3 is 10.4 Å². The lowest BCUT2D eigenvalue weighted by Gasteiger charge is -2.33. The van der Waals surface area contributed by atoms with Crippen molar-refractivity contribution in [1.29, 1.82) is 0 Å². The molecule has 2 rings (SSSR count). The summed E-state index contributed by atoms with van der Waals surface area (Å²) in [6.07, 6.45) is 2.09. The highest BCUT2D eigenvalue weighted by atomic mass is 16.4. The Morgan fingerprint density at radius 2 is 2.14 bits per heavy atom. The molecule has 1 aromatic carbocycles. The number of nitrogens with zero attached hydrogens (tertiary/aromatic N) is 1. The average Bonchev–Trinajstić information content (AvgIpc) is 2.45. The molecule has 5 nitrogen and oxygen atoms in total. The third kappa shape index (κ3) is 3.54. The molecule has 1 aliphatic rings. The number of aliphatic carboxylic acids is 1. The molecular weight excluding hydrogens is 268 g/mol. The summed E-state index contributed by atoms with van der Waals surface area (Å²) in [4.78, 5) is 25.3. The largest absolute Gasteiger partial charge is 0.480 e. The summed E-state index contributed by atoms with van der Waals surface area (Å²) in [7, 11) is 0. The zero-order valence-electron chi connectivity index (χ0n) is 12.5. The van der Waals surface area contributed by atoms with E-state index in [0.29, 0.717) is 25.3 Å². The van der Waals surface area contributed by atoms with Crippen LogP contribution in [0, 0.1) is 5.92 Å². The maximum absolute atomic E-state index is 12.4. The lowest BCUT2D eigenvalue weighted by atomic mass is 9.94. The lowest BCUT2D eigenvalue weighted by molar-refractivity contribution is -0.139. The number of hydrogen-bond acceptors (Lipinski definition) is 2. The third-order valence-electron chi connectivity index (χ3n) is 3.76. The van der Waals surface area contributed by atoms with Crippen LogP contribution in [0.2, 0.25) is 0 Å². The number of amides is 2. The molecule has 2 amide bonds. The van der Waals surface area contributed by atoms with Crippen LogP contribution in [0.4, 0.5) is 10.5 Å². The summed E-state index contributed by atoms with van der Waals surface area (Å²) in [5, 5.41) is 11.8. The monoisotopic (exact) mass is 290 g/mol. The molecule has 0 saturated heterocycles. The highest BCUT2D eigenvalue weighted by Gasteiger charge is 2.28. The van der Waals surface area contributed by atoms with Crippen LogP contribution in [0.5, 0.6) is 0 Å². The van der Waals surface area contributed by atoms with Crippen molar-refractivity contribution in [1.82, 2.24) is 5.32 Å². The second-order valence-corrected chi connectivity index (χ2v) is 5.68. The molecule has 2 atom stereocenters.